The lowest BCUT2D eigenvalue weighted by Gasteiger charge is -2.26. The molecule has 260 valence electrons. The molecule has 4 rings (SSSR count). The molecule has 1 aliphatic rings. The van der Waals surface area contributed by atoms with Crippen molar-refractivity contribution in [2.24, 2.45) is 11.8 Å². The highest BCUT2D eigenvalue weighted by Gasteiger charge is 2.36. The maximum atomic E-state index is 13.9. The quantitative estimate of drug-likeness (QED) is 0.165. The molecule has 2 heterocycles. The average Bonchev–Trinajstić information content (AvgIpc) is 3.73. The number of aromatic nitrogens is 1. The van der Waals surface area contributed by atoms with Crippen molar-refractivity contribution in [3.63, 3.8) is 0 Å². The van der Waals surface area contributed by atoms with Gasteiger partial charge in [-0.05, 0) is 48.4 Å². The minimum atomic E-state index is -1.30. The SMILES string of the molecule is CC(=O)c1cc(C(=O)[C@H](C[C@@H]2CCNC2=O)NC(=O)[C@H](Cc2ccc(F)cc2)NC(=O)[C@H](CC(C)C)NC(=O)OCc2ccccc2)on1. The summed E-state index contributed by atoms with van der Waals surface area (Å²) in [6, 6.07) is 11.8. The van der Waals surface area contributed by atoms with Gasteiger partial charge in [-0.25, -0.2) is 9.18 Å². The number of hydrogen-bond acceptors (Lipinski definition) is 9. The molecule has 1 aliphatic heterocycles. The normalized spacial score (nSPS) is 15.9. The predicted octanol–water partition coefficient (Wildman–Crippen LogP) is 3.28. The van der Waals surface area contributed by atoms with Gasteiger partial charge in [-0.3, -0.25) is 24.0 Å². The second kappa shape index (κ2) is 17.1. The number of carbonyl (C=O) groups excluding carboxylic acids is 6. The zero-order valence-corrected chi connectivity index (χ0v) is 27.5. The maximum absolute atomic E-state index is 13.9. The van der Waals surface area contributed by atoms with E-state index in [0.717, 1.165) is 11.6 Å². The lowest BCUT2D eigenvalue weighted by atomic mass is 9.94. The third-order valence-electron chi connectivity index (χ3n) is 7.94. The van der Waals surface area contributed by atoms with Gasteiger partial charge in [-0.15, -0.1) is 0 Å². The van der Waals surface area contributed by atoms with Crippen LogP contribution in [0.3, 0.4) is 0 Å². The molecule has 0 aliphatic carbocycles. The highest BCUT2D eigenvalue weighted by Crippen LogP contribution is 2.20. The molecule has 1 fully saturated rings. The Balaban J connectivity index is 1.55. The molecular weight excluding hydrogens is 637 g/mol. The first-order valence-corrected chi connectivity index (χ1v) is 16.0. The molecule has 3 aromatic rings. The van der Waals surface area contributed by atoms with Gasteiger partial charge < -0.3 is 30.5 Å². The number of benzene rings is 2. The molecule has 4 N–H and O–H groups in total. The molecule has 14 heteroatoms. The summed E-state index contributed by atoms with van der Waals surface area (Å²) in [5, 5.41) is 14.2. The van der Waals surface area contributed by atoms with Crippen LogP contribution in [0.25, 0.3) is 0 Å². The number of carbonyl (C=O) groups is 6. The van der Waals surface area contributed by atoms with E-state index in [2.05, 4.69) is 26.4 Å². The molecular formula is C35H40FN5O8. The number of Topliss-reactive ketones (excluding diaryl/α,β-unsaturated/α-hetero) is 2. The third-order valence-corrected chi connectivity index (χ3v) is 7.94. The van der Waals surface area contributed by atoms with Crippen molar-refractivity contribution in [1.82, 2.24) is 26.4 Å². The Morgan fingerprint density at radius 2 is 1.61 bits per heavy atom. The van der Waals surface area contributed by atoms with Crippen molar-refractivity contribution >= 4 is 35.4 Å². The fourth-order valence-corrected chi connectivity index (χ4v) is 5.33. The number of nitrogens with zero attached hydrogens (tertiary/aromatic N) is 1. The number of amides is 4. The number of halogens is 1. The van der Waals surface area contributed by atoms with Crippen LogP contribution in [-0.4, -0.2) is 65.2 Å². The van der Waals surface area contributed by atoms with Crippen LogP contribution < -0.4 is 21.3 Å². The summed E-state index contributed by atoms with van der Waals surface area (Å²) in [5.74, 6) is -4.35. The van der Waals surface area contributed by atoms with Crippen molar-refractivity contribution in [3.8, 4) is 0 Å². The summed E-state index contributed by atoms with van der Waals surface area (Å²) in [6.07, 6.45) is -0.395. The van der Waals surface area contributed by atoms with Gasteiger partial charge >= 0.3 is 6.09 Å². The molecule has 0 spiro atoms. The number of nitrogens with one attached hydrogen (secondary N) is 4. The zero-order chi connectivity index (χ0) is 35.5. The molecule has 4 amide bonds. The van der Waals surface area contributed by atoms with Gasteiger partial charge in [0.15, 0.2) is 5.78 Å². The molecule has 1 aromatic heterocycles. The van der Waals surface area contributed by atoms with E-state index in [0.29, 0.717) is 18.5 Å². The monoisotopic (exact) mass is 677 g/mol. The summed E-state index contributed by atoms with van der Waals surface area (Å²) >= 11 is 0. The predicted molar refractivity (Wildman–Crippen MR) is 174 cm³/mol. The topological polar surface area (TPSA) is 186 Å². The molecule has 0 saturated carbocycles. The summed E-state index contributed by atoms with van der Waals surface area (Å²) in [4.78, 5) is 78.1. The van der Waals surface area contributed by atoms with Crippen molar-refractivity contribution in [2.45, 2.75) is 71.2 Å². The molecule has 4 atom stereocenters. The number of alkyl carbamates (subject to hydrolysis) is 1. The van der Waals surface area contributed by atoms with Crippen molar-refractivity contribution in [3.05, 3.63) is 89.1 Å². The van der Waals surface area contributed by atoms with Crippen LogP contribution in [0.15, 0.2) is 65.2 Å². The van der Waals surface area contributed by atoms with E-state index in [9.17, 15) is 33.2 Å². The van der Waals surface area contributed by atoms with E-state index in [1.807, 2.05) is 19.9 Å². The maximum Gasteiger partial charge on any atom is 0.408 e. The summed E-state index contributed by atoms with van der Waals surface area (Å²) in [5.41, 5.74) is 1.16. The second-order valence-corrected chi connectivity index (χ2v) is 12.4. The van der Waals surface area contributed by atoms with Crippen LogP contribution >= 0.6 is 0 Å². The average molecular weight is 678 g/mol. The van der Waals surface area contributed by atoms with Gasteiger partial charge in [0.2, 0.25) is 29.3 Å². The Morgan fingerprint density at radius 3 is 2.22 bits per heavy atom. The summed E-state index contributed by atoms with van der Waals surface area (Å²) in [6.45, 7) is 5.34. The van der Waals surface area contributed by atoms with Crippen LogP contribution in [0.2, 0.25) is 0 Å². The van der Waals surface area contributed by atoms with Gasteiger partial charge in [0.1, 0.15) is 30.2 Å². The number of rotatable bonds is 16. The Kier molecular flexibility index (Phi) is 12.7. The molecule has 49 heavy (non-hydrogen) atoms. The fraction of sp³-hybridized carbons (Fsp3) is 0.400. The molecule has 0 bridgehead atoms. The van der Waals surface area contributed by atoms with E-state index in [1.165, 1.54) is 31.2 Å². The molecule has 1 saturated heterocycles. The Bertz CT molecular complexity index is 1640. The van der Waals surface area contributed by atoms with Crippen molar-refractivity contribution < 1.29 is 42.4 Å². The molecule has 13 nitrogen and oxygen atoms in total. The Hall–Kier alpha value is -5.40. The van der Waals surface area contributed by atoms with Gasteiger partial charge in [-0.1, -0.05) is 61.5 Å². The largest absolute Gasteiger partial charge is 0.445 e. The van der Waals surface area contributed by atoms with Gasteiger partial charge in [-0.2, -0.15) is 0 Å². The molecule has 2 aromatic carbocycles. The second-order valence-electron chi connectivity index (χ2n) is 12.4. The van der Waals surface area contributed by atoms with Crippen LogP contribution in [0, 0.1) is 17.7 Å². The lowest BCUT2D eigenvalue weighted by molar-refractivity contribution is -0.130. The number of ether oxygens (including phenoxy) is 1. The van der Waals surface area contributed by atoms with Gasteiger partial charge in [0, 0.05) is 31.9 Å². The van der Waals surface area contributed by atoms with Crippen molar-refractivity contribution in [1.29, 1.82) is 0 Å². The first-order valence-electron chi connectivity index (χ1n) is 16.0. The van der Waals surface area contributed by atoms with Gasteiger partial charge in [0.05, 0.1) is 6.04 Å². The standard InChI is InChI=1S/C35H40FN5O8/c1-20(2)15-28(40-35(47)48-19-23-7-5-4-6-8-23)33(45)39-29(16-22-9-11-25(36)12-10-22)34(46)38-27(17-24-13-14-37-32(24)44)31(43)30-18-26(21(3)42)41-49-30/h4-12,18,20,24,27-29H,13-17,19H2,1-3H3,(H,37,44)(H,38,46)(H,39,45)(H,40,47)/t24-,27-,28-,29-/m0/s1. The summed E-state index contributed by atoms with van der Waals surface area (Å²) < 4.78 is 24.1. The lowest BCUT2D eigenvalue weighted by Crippen LogP contribution is -2.57. The van der Waals surface area contributed by atoms with E-state index in [-0.39, 0.29) is 49.1 Å². The minimum Gasteiger partial charge on any atom is -0.445 e. The Labute approximate surface area is 282 Å². The van der Waals surface area contributed by atoms with Crippen LogP contribution in [0.1, 0.15) is 72.2 Å². The Morgan fingerprint density at radius 1 is 0.939 bits per heavy atom. The van der Waals surface area contributed by atoms with E-state index in [4.69, 9.17) is 9.26 Å². The summed E-state index contributed by atoms with van der Waals surface area (Å²) in [7, 11) is 0. The van der Waals surface area contributed by atoms with Crippen LogP contribution in [0.4, 0.5) is 9.18 Å². The van der Waals surface area contributed by atoms with Crippen molar-refractivity contribution in [2.75, 3.05) is 6.54 Å². The van der Waals surface area contributed by atoms with Crippen LogP contribution in [-0.2, 0) is 32.1 Å². The highest BCUT2D eigenvalue weighted by atomic mass is 19.1. The number of hydrogen-bond donors (Lipinski definition) is 4. The highest BCUT2D eigenvalue weighted by molar-refractivity contribution is 6.03. The van der Waals surface area contributed by atoms with Crippen LogP contribution in [0.5, 0.6) is 0 Å². The fourth-order valence-electron chi connectivity index (χ4n) is 5.33. The smallest absolute Gasteiger partial charge is 0.408 e. The first-order chi connectivity index (χ1) is 23.4. The van der Waals surface area contributed by atoms with Gasteiger partial charge in [0.25, 0.3) is 0 Å². The van der Waals surface area contributed by atoms with E-state index >= 15 is 0 Å². The number of ketones is 2. The molecule has 0 radical (unpaired) electrons. The van der Waals surface area contributed by atoms with E-state index in [1.54, 1.807) is 24.3 Å². The molecule has 0 unspecified atom stereocenters. The van der Waals surface area contributed by atoms with E-state index < -0.39 is 59.3 Å². The third kappa shape index (κ3) is 10.8. The first kappa shape index (κ1) is 36.4. The minimum absolute atomic E-state index is 0.0220. The zero-order valence-electron chi connectivity index (χ0n) is 27.5.